The fraction of sp³-hybridized carbons (Fsp3) is 0.0625. The van der Waals surface area contributed by atoms with Crippen molar-refractivity contribution in [1.29, 1.82) is 10.5 Å². The van der Waals surface area contributed by atoms with Gasteiger partial charge in [-0.25, -0.2) is 9.38 Å². The molecule has 1 aromatic carbocycles. The van der Waals surface area contributed by atoms with Crippen LogP contribution in [0.15, 0.2) is 52.1 Å². The van der Waals surface area contributed by atoms with Crippen molar-refractivity contribution in [3.8, 4) is 12.1 Å². The Kier molecular flexibility index (Phi) is 5.87. The number of nitrogens with zero attached hydrogens (tertiary/aromatic N) is 3. The van der Waals surface area contributed by atoms with Crippen LogP contribution in [0.4, 0.5) is 4.39 Å². The summed E-state index contributed by atoms with van der Waals surface area (Å²) in [6.45, 7) is -0.0197. The van der Waals surface area contributed by atoms with Gasteiger partial charge in [0, 0.05) is 28.2 Å². The predicted octanol–water partition coefficient (Wildman–Crippen LogP) is 4.01. The number of thiophene rings is 1. The van der Waals surface area contributed by atoms with Crippen LogP contribution in [0.2, 0.25) is 5.02 Å². The van der Waals surface area contributed by atoms with Crippen molar-refractivity contribution in [3.05, 3.63) is 68.4 Å². The molecule has 0 aliphatic rings. The van der Waals surface area contributed by atoms with Gasteiger partial charge in [-0.2, -0.15) is 10.5 Å². The maximum absolute atomic E-state index is 13.7. The number of hydrogen-bond donors (Lipinski definition) is 1. The van der Waals surface area contributed by atoms with E-state index in [1.165, 1.54) is 29.7 Å². The molecule has 0 aliphatic carbocycles. The molecular weight excluding hydrogens is 335 g/mol. The topological polar surface area (TPSA) is 72.0 Å². The molecule has 4 nitrogen and oxygen atoms in total. The van der Waals surface area contributed by atoms with Gasteiger partial charge in [0.15, 0.2) is 11.4 Å². The molecule has 1 aromatic heterocycles. The number of nitriles is 2. The van der Waals surface area contributed by atoms with Crippen LogP contribution in [-0.2, 0) is 6.54 Å². The Morgan fingerprint density at radius 1 is 1.30 bits per heavy atom. The maximum atomic E-state index is 13.7. The van der Waals surface area contributed by atoms with E-state index < -0.39 is 5.82 Å². The highest BCUT2D eigenvalue weighted by atomic mass is 35.5. The molecule has 1 N–H and O–H groups in total. The van der Waals surface area contributed by atoms with Gasteiger partial charge < -0.3 is 5.32 Å². The average Bonchev–Trinajstić information content (AvgIpc) is 3.06. The van der Waals surface area contributed by atoms with Crippen molar-refractivity contribution in [2.45, 2.75) is 6.54 Å². The standard InChI is InChI=1S/C16H10ClFN4S/c17-13-4-1-5-14(18)12(13)10-22-16(8-20)15(7-19)21-9-11-3-2-6-23-11/h1-6,9,22H,10H2/b16-15-,21-9?. The maximum Gasteiger partial charge on any atom is 0.174 e. The van der Waals surface area contributed by atoms with Gasteiger partial charge in [0.2, 0.25) is 0 Å². The summed E-state index contributed by atoms with van der Waals surface area (Å²) in [5.41, 5.74) is 0.106. The largest absolute Gasteiger partial charge is 0.370 e. The summed E-state index contributed by atoms with van der Waals surface area (Å²) in [4.78, 5) is 4.86. The van der Waals surface area contributed by atoms with Crippen molar-refractivity contribution in [1.82, 2.24) is 5.32 Å². The fourth-order valence-corrected chi connectivity index (χ4v) is 2.51. The Bertz CT molecular complexity index is 809. The molecule has 0 saturated carbocycles. The van der Waals surface area contributed by atoms with Gasteiger partial charge in [-0.3, -0.25) is 0 Å². The van der Waals surface area contributed by atoms with E-state index in [4.69, 9.17) is 16.9 Å². The molecule has 0 bridgehead atoms. The molecule has 0 spiro atoms. The van der Waals surface area contributed by atoms with E-state index in [0.717, 1.165) is 4.88 Å². The third-order valence-electron chi connectivity index (χ3n) is 2.82. The molecule has 0 atom stereocenters. The molecule has 0 saturated heterocycles. The van der Waals surface area contributed by atoms with Crippen LogP contribution in [0, 0.1) is 28.5 Å². The monoisotopic (exact) mass is 344 g/mol. The zero-order valence-corrected chi connectivity index (χ0v) is 13.3. The highest BCUT2D eigenvalue weighted by molar-refractivity contribution is 7.11. The molecular formula is C16H10ClFN4S. The zero-order valence-electron chi connectivity index (χ0n) is 11.8. The SMILES string of the molecule is N#C/C(N=Cc1cccs1)=C(\C#N)NCc1c(F)cccc1Cl. The number of halogens is 2. The summed E-state index contributed by atoms with van der Waals surface area (Å²) in [5, 5.41) is 23.2. The number of aliphatic imine (C=N–C) groups is 1. The Balaban J connectivity index is 2.20. The number of nitrogens with one attached hydrogen (secondary N) is 1. The molecule has 0 aliphatic heterocycles. The van der Waals surface area contributed by atoms with Crippen LogP contribution in [0.25, 0.3) is 0 Å². The third kappa shape index (κ3) is 4.40. The average molecular weight is 345 g/mol. The minimum atomic E-state index is -0.483. The first-order valence-corrected chi connectivity index (χ1v) is 7.70. The summed E-state index contributed by atoms with van der Waals surface area (Å²) in [6, 6.07) is 11.7. The highest BCUT2D eigenvalue weighted by Crippen LogP contribution is 2.19. The summed E-state index contributed by atoms with van der Waals surface area (Å²) in [7, 11) is 0. The second kappa shape index (κ2) is 8.09. The molecule has 0 radical (unpaired) electrons. The Morgan fingerprint density at radius 2 is 2.13 bits per heavy atom. The van der Waals surface area contributed by atoms with E-state index in [1.807, 2.05) is 29.7 Å². The summed E-state index contributed by atoms with van der Waals surface area (Å²) >= 11 is 7.38. The molecule has 114 valence electrons. The lowest BCUT2D eigenvalue weighted by Gasteiger charge is -2.08. The normalized spacial score (nSPS) is 11.7. The second-order valence-electron chi connectivity index (χ2n) is 4.27. The van der Waals surface area contributed by atoms with E-state index in [-0.39, 0.29) is 28.5 Å². The first-order valence-electron chi connectivity index (χ1n) is 6.44. The molecule has 23 heavy (non-hydrogen) atoms. The smallest absolute Gasteiger partial charge is 0.174 e. The van der Waals surface area contributed by atoms with Crippen molar-refractivity contribution in [3.63, 3.8) is 0 Å². The second-order valence-corrected chi connectivity index (χ2v) is 5.66. The lowest BCUT2D eigenvalue weighted by Crippen LogP contribution is -2.14. The lowest BCUT2D eigenvalue weighted by atomic mass is 10.2. The first-order chi connectivity index (χ1) is 11.2. The van der Waals surface area contributed by atoms with Gasteiger partial charge in [-0.15, -0.1) is 11.3 Å². The summed E-state index contributed by atoms with van der Waals surface area (Å²) in [6.07, 6.45) is 1.50. The quantitative estimate of drug-likeness (QED) is 0.658. The van der Waals surface area contributed by atoms with E-state index in [9.17, 15) is 9.65 Å². The number of benzene rings is 1. The van der Waals surface area contributed by atoms with Crippen molar-refractivity contribution >= 4 is 29.2 Å². The van der Waals surface area contributed by atoms with Gasteiger partial charge in [-0.05, 0) is 23.6 Å². The van der Waals surface area contributed by atoms with Gasteiger partial charge >= 0.3 is 0 Å². The highest BCUT2D eigenvalue weighted by Gasteiger charge is 2.10. The van der Waals surface area contributed by atoms with E-state index in [2.05, 4.69) is 10.3 Å². The summed E-state index contributed by atoms with van der Waals surface area (Å²) in [5.74, 6) is -0.483. The molecule has 2 rings (SSSR count). The number of allylic oxidation sites excluding steroid dienone is 2. The minimum absolute atomic E-state index is 0.0197. The van der Waals surface area contributed by atoms with Crippen molar-refractivity contribution < 1.29 is 4.39 Å². The lowest BCUT2D eigenvalue weighted by molar-refractivity contribution is 0.602. The van der Waals surface area contributed by atoms with Gasteiger partial charge in [0.05, 0.1) is 0 Å². The van der Waals surface area contributed by atoms with Crippen LogP contribution in [-0.4, -0.2) is 6.21 Å². The van der Waals surface area contributed by atoms with E-state index in [1.54, 1.807) is 6.07 Å². The number of rotatable bonds is 5. The molecule has 0 amide bonds. The summed E-state index contributed by atoms with van der Waals surface area (Å²) < 4.78 is 13.7. The van der Waals surface area contributed by atoms with Crippen molar-refractivity contribution in [2.75, 3.05) is 0 Å². The van der Waals surface area contributed by atoms with Gasteiger partial charge in [0.1, 0.15) is 18.0 Å². The fourth-order valence-electron chi connectivity index (χ4n) is 1.70. The molecule has 7 heteroatoms. The van der Waals surface area contributed by atoms with Gasteiger partial charge in [0.25, 0.3) is 0 Å². The Hall–Kier alpha value is -2.67. The van der Waals surface area contributed by atoms with Crippen LogP contribution in [0.5, 0.6) is 0 Å². The molecule has 1 heterocycles. The predicted molar refractivity (Wildman–Crippen MR) is 88.4 cm³/mol. The number of hydrogen-bond acceptors (Lipinski definition) is 5. The third-order valence-corrected chi connectivity index (χ3v) is 3.98. The van der Waals surface area contributed by atoms with E-state index in [0.29, 0.717) is 0 Å². The Morgan fingerprint density at radius 3 is 2.74 bits per heavy atom. The molecule has 2 aromatic rings. The van der Waals surface area contributed by atoms with Gasteiger partial charge in [-0.1, -0.05) is 23.7 Å². The minimum Gasteiger partial charge on any atom is -0.370 e. The van der Waals surface area contributed by atoms with Crippen LogP contribution in [0.1, 0.15) is 10.4 Å². The molecule has 0 fully saturated rings. The van der Waals surface area contributed by atoms with Crippen LogP contribution >= 0.6 is 22.9 Å². The van der Waals surface area contributed by atoms with Crippen LogP contribution in [0.3, 0.4) is 0 Å². The Labute approximate surface area is 141 Å². The first kappa shape index (κ1) is 16.7. The van der Waals surface area contributed by atoms with Crippen LogP contribution < -0.4 is 5.32 Å². The zero-order chi connectivity index (χ0) is 16.7. The molecule has 0 unspecified atom stereocenters. The van der Waals surface area contributed by atoms with E-state index >= 15 is 0 Å². The van der Waals surface area contributed by atoms with Crippen molar-refractivity contribution in [2.24, 2.45) is 4.99 Å².